The number of fused-ring (bicyclic) bond motifs is 2. The molecule has 2 heterocycles. The fourth-order valence-electron chi connectivity index (χ4n) is 3.94. The lowest BCUT2D eigenvalue weighted by atomic mass is 9.94. The van der Waals surface area contributed by atoms with Crippen molar-refractivity contribution in [3.05, 3.63) is 83.4 Å². The summed E-state index contributed by atoms with van der Waals surface area (Å²) in [7, 11) is 0. The number of thioether (sulfide) groups is 1. The Labute approximate surface area is 191 Å². The van der Waals surface area contributed by atoms with Crippen LogP contribution in [0.15, 0.2) is 71.6 Å². The van der Waals surface area contributed by atoms with Gasteiger partial charge in [0.05, 0.1) is 17.0 Å². The molecule has 162 valence electrons. The fraction of sp³-hybridized carbons (Fsp3) is 0.192. The first-order valence-electron chi connectivity index (χ1n) is 10.6. The third-order valence-corrected chi connectivity index (χ3v) is 6.87. The summed E-state index contributed by atoms with van der Waals surface area (Å²) in [6.45, 7) is 2.33. The summed E-state index contributed by atoms with van der Waals surface area (Å²) in [5, 5.41) is 15.9. The van der Waals surface area contributed by atoms with E-state index in [9.17, 15) is 9.90 Å². The second-order valence-corrected chi connectivity index (χ2v) is 9.19. The zero-order valence-corrected chi connectivity index (χ0v) is 18.5. The van der Waals surface area contributed by atoms with Crippen LogP contribution in [0.25, 0.3) is 11.6 Å². The number of aliphatic hydroxyl groups is 1. The highest BCUT2D eigenvalue weighted by atomic mass is 32.2. The van der Waals surface area contributed by atoms with Crippen molar-refractivity contribution in [2.45, 2.75) is 23.2 Å². The van der Waals surface area contributed by atoms with Gasteiger partial charge in [-0.1, -0.05) is 42.5 Å². The molecule has 1 amide bonds. The van der Waals surface area contributed by atoms with Gasteiger partial charge >= 0.3 is 0 Å². The van der Waals surface area contributed by atoms with E-state index in [1.807, 2.05) is 36.0 Å². The highest BCUT2D eigenvalue weighted by Gasteiger charge is 2.26. The molecule has 0 spiro atoms. The number of hydrogen-bond donors (Lipinski definition) is 3. The zero-order valence-electron chi connectivity index (χ0n) is 17.7. The molecule has 3 aromatic carbocycles. The second kappa shape index (κ2) is 8.73. The highest BCUT2D eigenvalue weighted by Crippen LogP contribution is 2.51. The topological polar surface area (TPSA) is 70.6 Å². The van der Waals surface area contributed by atoms with Crippen LogP contribution in [0.1, 0.15) is 28.9 Å². The van der Waals surface area contributed by atoms with Crippen LogP contribution in [0.3, 0.4) is 0 Å². The molecular formula is C26H24N2O3S. The number of benzene rings is 3. The minimum atomic E-state index is -0.407. The summed E-state index contributed by atoms with van der Waals surface area (Å²) in [5.41, 5.74) is 6.31. The standard InChI is InChI=1S/C26H24N2O3S/c1-16(29)14-27-20-9-7-19-11-21(18-8-10-23-22(12-18)28-25(30)15-31-23)26(32-24(19)13-20)17-5-3-2-4-6-17/h2-13,16,26-27,29H,14-15H2,1H3,(H,28,30). The van der Waals surface area contributed by atoms with Crippen molar-refractivity contribution in [1.29, 1.82) is 0 Å². The van der Waals surface area contributed by atoms with Gasteiger partial charge < -0.3 is 20.5 Å². The molecule has 0 radical (unpaired) electrons. The molecule has 3 N–H and O–H groups in total. The Hall–Kier alpha value is -3.22. The summed E-state index contributed by atoms with van der Waals surface area (Å²) in [4.78, 5) is 13.0. The lowest BCUT2D eigenvalue weighted by Gasteiger charge is -2.28. The second-order valence-electron chi connectivity index (χ2n) is 8.04. The van der Waals surface area contributed by atoms with E-state index in [2.05, 4.69) is 59.2 Å². The van der Waals surface area contributed by atoms with Crippen LogP contribution in [-0.2, 0) is 4.79 Å². The number of ether oxygens (including phenoxy) is 1. The SMILES string of the molecule is CC(O)CNc1ccc2c(c1)SC(c1ccccc1)C(c1ccc3c(c1)NC(=O)CO3)=C2. The van der Waals surface area contributed by atoms with E-state index < -0.39 is 6.10 Å². The van der Waals surface area contributed by atoms with Gasteiger partial charge in [-0.25, -0.2) is 0 Å². The van der Waals surface area contributed by atoms with Gasteiger partial charge in [-0.15, -0.1) is 11.8 Å². The van der Waals surface area contributed by atoms with Crippen LogP contribution in [0, 0.1) is 0 Å². The summed E-state index contributed by atoms with van der Waals surface area (Å²) >= 11 is 1.81. The molecule has 0 bridgehead atoms. The lowest BCUT2D eigenvalue weighted by molar-refractivity contribution is -0.118. The first-order chi connectivity index (χ1) is 15.6. The number of anilines is 2. The molecule has 0 saturated carbocycles. The van der Waals surface area contributed by atoms with Crippen LogP contribution in [0.4, 0.5) is 11.4 Å². The molecule has 0 saturated heterocycles. The largest absolute Gasteiger partial charge is 0.482 e. The quantitative estimate of drug-likeness (QED) is 0.505. The number of carbonyl (C=O) groups excluding carboxylic acids is 1. The Morgan fingerprint density at radius 1 is 1.16 bits per heavy atom. The number of rotatable bonds is 5. The molecule has 2 unspecified atom stereocenters. The molecule has 0 aliphatic carbocycles. The van der Waals surface area contributed by atoms with Crippen LogP contribution >= 0.6 is 11.8 Å². The van der Waals surface area contributed by atoms with E-state index in [4.69, 9.17) is 4.74 Å². The Bertz CT molecular complexity index is 1190. The van der Waals surface area contributed by atoms with E-state index in [-0.39, 0.29) is 17.8 Å². The number of amides is 1. The predicted octanol–water partition coefficient (Wildman–Crippen LogP) is 5.20. The van der Waals surface area contributed by atoms with Gasteiger partial charge in [0.25, 0.3) is 5.91 Å². The summed E-state index contributed by atoms with van der Waals surface area (Å²) < 4.78 is 5.54. The normalized spacial score (nSPS) is 17.9. The monoisotopic (exact) mass is 444 g/mol. The van der Waals surface area contributed by atoms with Crippen molar-refractivity contribution in [3.8, 4) is 5.75 Å². The minimum absolute atomic E-state index is 0.0519. The fourth-order valence-corrected chi connectivity index (χ4v) is 5.27. The third-order valence-electron chi connectivity index (χ3n) is 5.50. The van der Waals surface area contributed by atoms with Gasteiger partial charge in [-0.3, -0.25) is 4.79 Å². The molecule has 3 aromatic rings. The zero-order chi connectivity index (χ0) is 22.1. The van der Waals surface area contributed by atoms with Crippen molar-refractivity contribution in [1.82, 2.24) is 0 Å². The first kappa shape index (κ1) is 20.7. The van der Waals surface area contributed by atoms with Gasteiger partial charge in [0.15, 0.2) is 6.61 Å². The van der Waals surface area contributed by atoms with Crippen molar-refractivity contribution in [3.63, 3.8) is 0 Å². The molecule has 32 heavy (non-hydrogen) atoms. The molecule has 5 nitrogen and oxygen atoms in total. The third kappa shape index (κ3) is 4.24. The highest BCUT2D eigenvalue weighted by molar-refractivity contribution is 8.00. The maximum Gasteiger partial charge on any atom is 0.262 e. The maximum absolute atomic E-state index is 11.8. The van der Waals surface area contributed by atoms with Crippen LogP contribution in [0.5, 0.6) is 5.75 Å². The summed E-state index contributed by atoms with van der Waals surface area (Å²) in [6.07, 6.45) is 1.82. The number of carbonyl (C=O) groups is 1. The van der Waals surface area contributed by atoms with E-state index in [0.29, 0.717) is 18.0 Å². The Morgan fingerprint density at radius 2 is 2.00 bits per heavy atom. The smallest absolute Gasteiger partial charge is 0.262 e. The molecule has 0 fully saturated rings. The van der Waals surface area contributed by atoms with Gasteiger partial charge in [0.2, 0.25) is 0 Å². The van der Waals surface area contributed by atoms with E-state index >= 15 is 0 Å². The van der Waals surface area contributed by atoms with Gasteiger partial charge in [-0.05, 0) is 59.5 Å². The van der Waals surface area contributed by atoms with Crippen molar-refractivity contribution >= 4 is 40.7 Å². The molecular weight excluding hydrogens is 420 g/mol. The summed E-state index contributed by atoms with van der Waals surface area (Å²) in [5.74, 6) is 0.562. The Kier molecular flexibility index (Phi) is 5.64. The lowest BCUT2D eigenvalue weighted by Crippen LogP contribution is -2.25. The molecule has 0 aromatic heterocycles. The van der Waals surface area contributed by atoms with Gasteiger partial charge in [-0.2, -0.15) is 0 Å². The van der Waals surface area contributed by atoms with Gasteiger partial charge in [0, 0.05) is 17.1 Å². The molecule has 6 heteroatoms. The summed E-state index contributed by atoms with van der Waals surface area (Å²) in [6, 6.07) is 22.7. The van der Waals surface area contributed by atoms with Crippen molar-refractivity contribution in [2.24, 2.45) is 0 Å². The van der Waals surface area contributed by atoms with E-state index in [0.717, 1.165) is 16.8 Å². The number of aliphatic hydroxyl groups excluding tert-OH is 1. The van der Waals surface area contributed by atoms with Gasteiger partial charge in [0.1, 0.15) is 5.75 Å². The number of nitrogens with one attached hydrogen (secondary N) is 2. The van der Waals surface area contributed by atoms with Crippen LogP contribution < -0.4 is 15.4 Å². The molecule has 5 rings (SSSR count). The van der Waals surface area contributed by atoms with Crippen LogP contribution in [-0.4, -0.2) is 30.3 Å². The average molecular weight is 445 g/mol. The minimum Gasteiger partial charge on any atom is -0.482 e. The Balaban J connectivity index is 1.56. The number of hydrogen-bond acceptors (Lipinski definition) is 5. The van der Waals surface area contributed by atoms with Crippen LogP contribution in [0.2, 0.25) is 0 Å². The Morgan fingerprint density at radius 3 is 2.81 bits per heavy atom. The predicted molar refractivity (Wildman–Crippen MR) is 130 cm³/mol. The first-order valence-corrected chi connectivity index (χ1v) is 11.5. The molecule has 2 aliphatic rings. The van der Waals surface area contributed by atoms with Crippen molar-refractivity contribution in [2.75, 3.05) is 23.8 Å². The average Bonchev–Trinajstić information content (AvgIpc) is 2.82. The maximum atomic E-state index is 11.8. The van der Waals surface area contributed by atoms with E-state index in [1.165, 1.54) is 16.0 Å². The van der Waals surface area contributed by atoms with Crippen molar-refractivity contribution < 1.29 is 14.6 Å². The molecule has 2 atom stereocenters. The molecule has 2 aliphatic heterocycles. The van der Waals surface area contributed by atoms with E-state index in [1.54, 1.807) is 6.92 Å².